The maximum atomic E-state index is 15.1. The molecule has 0 unspecified atom stereocenters. The molecule has 0 saturated carbocycles. The van der Waals surface area contributed by atoms with E-state index in [9.17, 15) is 4.79 Å². The second-order valence-corrected chi connectivity index (χ2v) is 9.70. The summed E-state index contributed by atoms with van der Waals surface area (Å²) in [5, 5.41) is 6.72. The van der Waals surface area contributed by atoms with Crippen molar-refractivity contribution in [2.24, 2.45) is 0 Å². The molecule has 0 fully saturated rings. The maximum absolute atomic E-state index is 15.1. The van der Waals surface area contributed by atoms with E-state index in [0.717, 1.165) is 11.1 Å². The summed E-state index contributed by atoms with van der Waals surface area (Å²) in [6.07, 6.45) is 0. The van der Waals surface area contributed by atoms with Gasteiger partial charge in [-0.05, 0) is 46.1 Å². The Morgan fingerprint density at radius 3 is 2.00 bits per heavy atom. The molecule has 5 aromatic rings. The minimum Gasteiger partial charge on any atom is -0.488 e. The highest BCUT2D eigenvalue weighted by atomic mass is 79.9. The molecule has 202 valence electrons. The molecule has 8 heteroatoms. The first-order valence-electron chi connectivity index (χ1n) is 12.7. The Morgan fingerprint density at radius 1 is 0.825 bits per heavy atom. The Labute approximate surface area is 239 Å². The first-order valence-corrected chi connectivity index (χ1v) is 13.5. The number of ether oxygens (including phenoxy) is 2. The first-order chi connectivity index (χ1) is 19.5. The van der Waals surface area contributed by atoms with Crippen LogP contribution in [0.15, 0.2) is 106 Å². The van der Waals surface area contributed by atoms with Crippen LogP contribution in [0.2, 0.25) is 0 Å². The number of nitrogens with one attached hydrogen (secondary N) is 1. The number of hydrogen-bond donors (Lipinski definition) is 1. The lowest BCUT2D eigenvalue weighted by Gasteiger charge is -2.18. The van der Waals surface area contributed by atoms with E-state index >= 15 is 4.39 Å². The van der Waals surface area contributed by atoms with Crippen LogP contribution in [0.25, 0.3) is 22.5 Å². The summed E-state index contributed by atoms with van der Waals surface area (Å²) in [4.78, 5) is 12.5. The third kappa shape index (κ3) is 6.07. The monoisotopic (exact) mass is 600 g/mol. The van der Waals surface area contributed by atoms with Crippen molar-refractivity contribution < 1.29 is 23.2 Å². The van der Waals surface area contributed by atoms with E-state index in [2.05, 4.69) is 26.4 Å². The molecule has 6 nitrogen and oxygen atoms in total. The van der Waals surface area contributed by atoms with Gasteiger partial charge in [0.2, 0.25) is 0 Å². The van der Waals surface area contributed by atoms with Crippen LogP contribution >= 0.6 is 15.9 Å². The number of hydrogen-bond acceptors (Lipinski definition) is 5. The van der Waals surface area contributed by atoms with Gasteiger partial charge in [-0.25, -0.2) is 4.39 Å². The van der Waals surface area contributed by atoms with E-state index in [0.29, 0.717) is 39.2 Å². The zero-order valence-electron chi connectivity index (χ0n) is 21.7. The Morgan fingerprint density at radius 2 is 1.40 bits per heavy atom. The topological polar surface area (TPSA) is 73.6 Å². The Hall–Kier alpha value is -4.43. The van der Waals surface area contributed by atoms with E-state index in [4.69, 9.17) is 14.0 Å². The molecule has 0 aliphatic rings. The Balaban J connectivity index is 1.64. The number of aromatic nitrogens is 1. The highest BCUT2D eigenvalue weighted by Gasteiger charge is 2.26. The highest BCUT2D eigenvalue weighted by molar-refractivity contribution is 9.10. The van der Waals surface area contributed by atoms with Crippen molar-refractivity contribution in [2.45, 2.75) is 20.1 Å². The second-order valence-electron chi connectivity index (χ2n) is 8.91. The van der Waals surface area contributed by atoms with Crippen LogP contribution in [0.4, 0.5) is 4.39 Å². The van der Waals surface area contributed by atoms with Crippen LogP contribution in [0, 0.1) is 5.82 Å². The molecule has 1 amide bonds. The molecule has 0 bridgehead atoms. The van der Waals surface area contributed by atoms with Gasteiger partial charge in [0.15, 0.2) is 11.5 Å². The smallest absolute Gasteiger partial charge is 0.274 e. The SMILES string of the molecule is CCNC(=O)c1noc(-c2cc(-c3ccccc3F)c(OCc3ccccc3)cc2OCc2ccccc2)c1Br. The molecule has 0 radical (unpaired) electrons. The summed E-state index contributed by atoms with van der Waals surface area (Å²) in [5.74, 6) is 0.340. The average Bonchev–Trinajstić information content (AvgIpc) is 3.37. The molecule has 1 heterocycles. The molecule has 1 aromatic heterocycles. The zero-order valence-corrected chi connectivity index (χ0v) is 23.3. The van der Waals surface area contributed by atoms with Gasteiger partial charge in [0.05, 0.1) is 10.0 Å². The fourth-order valence-electron chi connectivity index (χ4n) is 4.17. The van der Waals surface area contributed by atoms with Gasteiger partial charge in [-0.3, -0.25) is 4.79 Å². The molecule has 4 aromatic carbocycles. The number of benzene rings is 4. The predicted octanol–water partition coefficient (Wildman–Crippen LogP) is 7.82. The first kappa shape index (κ1) is 27.1. The quantitative estimate of drug-likeness (QED) is 0.177. The normalized spacial score (nSPS) is 10.8. The van der Waals surface area contributed by atoms with Crippen LogP contribution in [0.5, 0.6) is 11.5 Å². The molecule has 40 heavy (non-hydrogen) atoms. The van der Waals surface area contributed by atoms with Crippen LogP contribution < -0.4 is 14.8 Å². The van der Waals surface area contributed by atoms with Crippen LogP contribution in [-0.2, 0) is 13.2 Å². The summed E-state index contributed by atoms with van der Waals surface area (Å²) in [6, 6.07) is 29.4. The molecule has 0 aliphatic carbocycles. The van der Waals surface area contributed by atoms with E-state index in [1.807, 2.05) is 67.6 Å². The van der Waals surface area contributed by atoms with E-state index < -0.39 is 5.82 Å². The zero-order chi connectivity index (χ0) is 27.9. The van der Waals surface area contributed by atoms with Gasteiger partial charge in [-0.2, -0.15) is 0 Å². The molecular formula is C32H26BrFN2O4. The number of amides is 1. The Kier molecular flexibility index (Phi) is 8.56. The molecular weight excluding hydrogens is 575 g/mol. The van der Waals surface area contributed by atoms with Gasteiger partial charge in [0.25, 0.3) is 5.91 Å². The molecule has 1 N–H and O–H groups in total. The summed E-state index contributed by atoms with van der Waals surface area (Å²) in [5.41, 5.74) is 3.35. The minimum atomic E-state index is -0.407. The predicted molar refractivity (Wildman–Crippen MR) is 155 cm³/mol. The number of carbonyl (C=O) groups is 1. The average molecular weight is 601 g/mol. The summed E-state index contributed by atoms with van der Waals surface area (Å²) in [7, 11) is 0. The molecule has 0 atom stereocenters. The fourth-order valence-corrected chi connectivity index (χ4v) is 4.71. The summed E-state index contributed by atoms with van der Waals surface area (Å²) in [6.45, 7) is 2.79. The van der Waals surface area contributed by atoms with Gasteiger partial charge in [0.1, 0.15) is 30.5 Å². The van der Waals surface area contributed by atoms with Crippen LogP contribution in [0.1, 0.15) is 28.5 Å². The van der Waals surface area contributed by atoms with Gasteiger partial charge in [-0.1, -0.05) is 84.0 Å². The van der Waals surface area contributed by atoms with Crippen molar-refractivity contribution in [1.29, 1.82) is 0 Å². The maximum Gasteiger partial charge on any atom is 0.274 e. The van der Waals surface area contributed by atoms with E-state index in [1.165, 1.54) is 6.07 Å². The van der Waals surface area contributed by atoms with Gasteiger partial charge in [0, 0.05) is 23.7 Å². The van der Waals surface area contributed by atoms with Crippen molar-refractivity contribution in [3.63, 3.8) is 0 Å². The summed E-state index contributed by atoms with van der Waals surface area (Å²) >= 11 is 3.49. The van der Waals surface area contributed by atoms with Crippen molar-refractivity contribution in [3.8, 4) is 33.9 Å². The lowest BCUT2D eigenvalue weighted by Crippen LogP contribution is -2.23. The lowest BCUT2D eigenvalue weighted by molar-refractivity contribution is 0.0946. The minimum absolute atomic E-state index is 0.0997. The van der Waals surface area contributed by atoms with E-state index in [1.54, 1.807) is 30.3 Å². The van der Waals surface area contributed by atoms with Gasteiger partial charge < -0.3 is 19.3 Å². The van der Waals surface area contributed by atoms with Crippen molar-refractivity contribution >= 4 is 21.8 Å². The standard InChI is InChI=1S/C32H26BrFN2O4/c1-2-35-32(37)30-29(33)31(40-36-30)25-17-24(23-15-9-10-16-26(23)34)27(38-19-21-11-5-3-6-12-21)18-28(25)39-20-22-13-7-4-8-14-22/h3-18H,2,19-20H2,1H3,(H,35,37). The van der Waals surface area contributed by atoms with Gasteiger partial charge in [-0.15, -0.1) is 0 Å². The third-order valence-corrected chi connectivity index (χ3v) is 6.89. The highest BCUT2D eigenvalue weighted by Crippen LogP contribution is 2.44. The fraction of sp³-hybridized carbons (Fsp3) is 0.125. The van der Waals surface area contributed by atoms with Crippen LogP contribution in [-0.4, -0.2) is 17.6 Å². The molecule has 0 saturated heterocycles. The number of halogens is 2. The van der Waals surface area contributed by atoms with E-state index in [-0.39, 0.29) is 30.6 Å². The van der Waals surface area contributed by atoms with Crippen molar-refractivity contribution in [3.05, 3.63) is 124 Å². The number of rotatable bonds is 10. The van der Waals surface area contributed by atoms with Gasteiger partial charge >= 0.3 is 0 Å². The lowest BCUT2D eigenvalue weighted by atomic mass is 9.99. The van der Waals surface area contributed by atoms with Crippen molar-refractivity contribution in [2.75, 3.05) is 6.54 Å². The van der Waals surface area contributed by atoms with Crippen molar-refractivity contribution in [1.82, 2.24) is 10.5 Å². The molecule has 5 rings (SSSR count). The Bertz CT molecular complexity index is 1610. The third-order valence-electron chi connectivity index (χ3n) is 6.15. The second kappa shape index (κ2) is 12.6. The number of nitrogens with zero attached hydrogens (tertiary/aromatic N) is 1. The van der Waals surface area contributed by atoms with Crippen LogP contribution in [0.3, 0.4) is 0 Å². The largest absolute Gasteiger partial charge is 0.488 e. The molecule has 0 spiro atoms. The summed E-state index contributed by atoms with van der Waals surface area (Å²) < 4.78 is 33.7. The molecule has 0 aliphatic heterocycles. The number of carbonyl (C=O) groups excluding carboxylic acids is 1.